The number of nitrogens with one attached hydrogen (secondary N) is 2. The zero-order valence-corrected chi connectivity index (χ0v) is 12.5. The molecule has 0 aromatic carbocycles. The molecular formula is C16H21N5O. The van der Waals surface area contributed by atoms with Crippen LogP contribution in [-0.2, 0) is 6.42 Å². The quantitative estimate of drug-likeness (QED) is 0.871. The number of hydrogen-bond acceptors (Lipinski definition) is 4. The first-order chi connectivity index (χ1) is 10.8. The van der Waals surface area contributed by atoms with Gasteiger partial charge in [-0.05, 0) is 43.5 Å². The monoisotopic (exact) mass is 299 g/mol. The molecular weight excluding hydrogens is 278 g/mol. The van der Waals surface area contributed by atoms with Gasteiger partial charge in [-0.15, -0.1) is 0 Å². The predicted octanol–water partition coefficient (Wildman–Crippen LogP) is 1.24. The van der Waals surface area contributed by atoms with E-state index in [4.69, 9.17) is 0 Å². The van der Waals surface area contributed by atoms with E-state index in [9.17, 15) is 4.79 Å². The van der Waals surface area contributed by atoms with Crippen LogP contribution in [0.5, 0.6) is 0 Å². The Hall–Kier alpha value is -2.21. The van der Waals surface area contributed by atoms with Crippen LogP contribution in [0.2, 0.25) is 0 Å². The molecule has 2 N–H and O–H groups in total. The molecule has 6 heteroatoms. The number of H-pyrrole nitrogens is 1. The van der Waals surface area contributed by atoms with E-state index in [0.29, 0.717) is 11.6 Å². The molecule has 22 heavy (non-hydrogen) atoms. The summed E-state index contributed by atoms with van der Waals surface area (Å²) in [5, 5.41) is 10.3. The molecule has 0 spiro atoms. The number of hydrogen-bond donors (Lipinski definition) is 2. The molecule has 1 amide bonds. The lowest BCUT2D eigenvalue weighted by Crippen LogP contribution is -2.45. The Bertz CT molecular complexity index is 576. The average Bonchev–Trinajstić information content (AvgIpc) is 3.09. The summed E-state index contributed by atoms with van der Waals surface area (Å²) < 4.78 is 0. The summed E-state index contributed by atoms with van der Waals surface area (Å²) in [4.78, 5) is 18.3. The highest BCUT2D eigenvalue weighted by Crippen LogP contribution is 2.13. The Labute approximate surface area is 129 Å². The normalized spacial score (nSPS) is 15.9. The minimum absolute atomic E-state index is 0.0879. The van der Waals surface area contributed by atoms with Crippen LogP contribution in [-0.4, -0.2) is 51.7 Å². The molecule has 0 radical (unpaired) electrons. The fourth-order valence-electron chi connectivity index (χ4n) is 2.79. The summed E-state index contributed by atoms with van der Waals surface area (Å²) in [6, 6.07) is 4.12. The van der Waals surface area contributed by atoms with E-state index in [1.54, 1.807) is 18.5 Å². The second-order valence-corrected chi connectivity index (χ2v) is 5.62. The van der Waals surface area contributed by atoms with Crippen molar-refractivity contribution < 1.29 is 4.79 Å². The minimum atomic E-state index is 0.0879. The van der Waals surface area contributed by atoms with Crippen molar-refractivity contribution >= 4 is 5.91 Å². The number of amides is 1. The number of piperidine rings is 1. The Morgan fingerprint density at radius 1 is 1.36 bits per heavy atom. The van der Waals surface area contributed by atoms with Crippen LogP contribution in [0, 0.1) is 0 Å². The zero-order valence-electron chi connectivity index (χ0n) is 12.5. The molecule has 3 rings (SSSR count). The van der Waals surface area contributed by atoms with Crippen molar-refractivity contribution in [3.63, 3.8) is 0 Å². The number of pyridine rings is 1. The summed E-state index contributed by atoms with van der Waals surface area (Å²) in [5.74, 6) is 0.0879. The van der Waals surface area contributed by atoms with Crippen molar-refractivity contribution in [3.8, 4) is 0 Å². The van der Waals surface area contributed by atoms with Crippen molar-refractivity contribution in [1.29, 1.82) is 0 Å². The predicted molar refractivity (Wildman–Crippen MR) is 83.5 cm³/mol. The highest BCUT2D eigenvalue weighted by molar-refractivity contribution is 5.93. The van der Waals surface area contributed by atoms with E-state index in [1.807, 2.05) is 23.4 Å². The van der Waals surface area contributed by atoms with Gasteiger partial charge in [0.25, 0.3) is 5.91 Å². The third-order valence-electron chi connectivity index (χ3n) is 4.09. The van der Waals surface area contributed by atoms with Crippen molar-refractivity contribution in [1.82, 2.24) is 25.4 Å². The molecule has 116 valence electrons. The molecule has 1 aliphatic heterocycles. The summed E-state index contributed by atoms with van der Waals surface area (Å²) >= 11 is 0. The lowest BCUT2D eigenvalue weighted by atomic mass is 10.0. The van der Waals surface area contributed by atoms with Crippen LogP contribution >= 0.6 is 0 Å². The maximum atomic E-state index is 12.3. The van der Waals surface area contributed by atoms with Gasteiger partial charge in [-0.3, -0.25) is 14.9 Å². The number of rotatable bonds is 5. The Morgan fingerprint density at radius 2 is 2.23 bits per heavy atom. The van der Waals surface area contributed by atoms with E-state index in [0.717, 1.165) is 38.9 Å². The van der Waals surface area contributed by atoms with Gasteiger partial charge in [0.05, 0.1) is 11.8 Å². The Kier molecular flexibility index (Phi) is 4.80. The summed E-state index contributed by atoms with van der Waals surface area (Å²) in [6.45, 7) is 2.55. The van der Waals surface area contributed by atoms with Crippen LogP contribution in [0.1, 0.15) is 28.8 Å². The topological polar surface area (TPSA) is 73.9 Å². The second kappa shape index (κ2) is 7.17. The van der Waals surface area contributed by atoms with E-state index in [1.165, 1.54) is 5.56 Å². The number of nitrogens with zero attached hydrogens (tertiary/aromatic N) is 3. The summed E-state index contributed by atoms with van der Waals surface area (Å²) in [5.41, 5.74) is 1.89. The molecule has 0 aliphatic carbocycles. The fraction of sp³-hybridized carbons (Fsp3) is 0.438. The van der Waals surface area contributed by atoms with E-state index < -0.39 is 0 Å². The first-order valence-corrected chi connectivity index (χ1v) is 7.73. The molecule has 3 heterocycles. The van der Waals surface area contributed by atoms with Gasteiger partial charge >= 0.3 is 0 Å². The number of aromatic amines is 1. The Morgan fingerprint density at radius 3 is 2.91 bits per heavy atom. The lowest BCUT2D eigenvalue weighted by Gasteiger charge is -2.32. The first-order valence-electron chi connectivity index (χ1n) is 7.73. The molecule has 1 fully saturated rings. The molecule has 0 unspecified atom stereocenters. The van der Waals surface area contributed by atoms with E-state index >= 15 is 0 Å². The SMILES string of the molecule is O=C(c1cccnc1)N1CCC(NCCc2cn[nH]c2)CC1. The molecule has 2 aromatic rings. The Balaban J connectivity index is 1.41. The van der Waals surface area contributed by atoms with Gasteiger partial charge in [0, 0.05) is 37.7 Å². The number of likely N-dealkylation sites (tertiary alicyclic amines) is 1. The second-order valence-electron chi connectivity index (χ2n) is 5.62. The first kappa shape index (κ1) is 14.7. The van der Waals surface area contributed by atoms with Crippen molar-refractivity contribution in [2.45, 2.75) is 25.3 Å². The van der Waals surface area contributed by atoms with Crippen LogP contribution in [0.4, 0.5) is 0 Å². The van der Waals surface area contributed by atoms with Gasteiger partial charge in [0.1, 0.15) is 0 Å². The molecule has 1 aliphatic rings. The van der Waals surface area contributed by atoms with Gasteiger partial charge in [-0.2, -0.15) is 5.10 Å². The van der Waals surface area contributed by atoms with Gasteiger partial charge < -0.3 is 10.2 Å². The van der Waals surface area contributed by atoms with E-state index in [-0.39, 0.29) is 5.91 Å². The van der Waals surface area contributed by atoms with Crippen LogP contribution in [0.3, 0.4) is 0 Å². The minimum Gasteiger partial charge on any atom is -0.338 e. The van der Waals surface area contributed by atoms with Crippen molar-refractivity contribution in [3.05, 3.63) is 48.0 Å². The third-order valence-corrected chi connectivity index (χ3v) is 4.09. The van der Waals surface area contributed by atoms with Gasteiger partial charge in [-0.25, -0.2) is 0 Å². The summed E-state index contributed by atoms with van der Waals surface area (Å²) in [6.07, 6.45) is 10.1. The lowest BCUT2D eigenvalue weighted by molar-refractivity contribution is 0.0705. The molecule has 2 aromatic heterocycles. The molecule has 1 saturated heterocycles. The fourth-order valence-corrected chi connectivity index (χ4v) is 2.79. The maximum Gasteiger partial charge on any atom is 0.255 e. The van der Waals surface area contributed by atoms with E-state index in [2.05, 4.69) is 20.5 Å². The van der Waals surface area contributed by atoms with Crippen molar-refractivity contribution in [2.24, 2.45) is 0 Å². The maximum absolute atomic E-state index is 12.3. The zero-order chi connectivity index (χ0) is 15.2. The molecule has 0 atom stereocenters. The van der Waals surface area contributed by atoms with Crippen molar-refractivity contribution in [2.75, 3.05) is 19.6 Å². The number of aromatic nitrogens is 3. The highest BCUT2D eigenvalue weighted by Gasteiger charge is 2.23. The largest absolute Gasteiger partial charge is 0.338 e. The number of carbonyl (C=O) groups is 1. The van der Waals surface area contributed by atoms with Crippen LogP contribution < -0.4 is 5.32 Å². The van der Waals surface area contributed by atoms with Crippen LogP contribution in [0.15, 0.2) is 36.9 Å². The van der Waals surface area contributed by atoms with Gasteiger partial charge in [-0.1, -0.05) is 0 Å². The standard InChI is InChI=1S/C16H21N5O/c22-16(14-2-1-6-17-12-14)21-8-4-15(5-9-21)18-7-3-13-10-19-20-11-13/h1-2,6,10-12,15,18H,3-5,7-9H2,(H,19,20). The third kappa shape index (κ3) is 3.71. The molecule has 0 bridgehead atoms. The highest BCUT2D eigenvalue weighted by atomic mass is 16.2. The van der Waals surface area contributed by atoms with Crippen LogP contribution in [0.25, 0.3) is 0 Å². The molecule has 6 nitrogen and oxygen atoms in total. The van der Waals surface area contributed by atoms with Gasteiger partial charge in [0.2, 0.25) is 0 Å². The van der Waals surface area contributed by atoms with Gasteiger partial charge in [0.15, 0.2) is 0 Å². The smallest absolute Gasteiger partial charge is 0.255 e. The summed E-state index contributed by atoms with van der Waals surface area (Å²) in [7, 11) is 0. The number of carbonyl (C=O) groups excluding carboxylic acids is 1. The average molecular weight is 299 g/mol. The molecule has 0 saturated carbocycles.